The van der Waals surface area contributed by atoms with Crippen LogP contribution in [-0.4, -0.2) is 12.8 Å². The lowest BCUT2D eigenvalue weighted by molar-refractivity contribution is -0.106. The minimum atomic E-state index is -0.416. The van der Waals surface area contributed by atoms with Gasteiger partial charge in [0.2, 0.25) is 0 Å². The van der Waals surface area contributed by atoms with E-state index in [4.69, 9.17) is 11.6 Å². The highest BCUT2D eigenvalue weighted by Gasteiger charge is 2.00. The van der Waals surface area contributed by atoms with Gasteiger partial charge in [-0.1, -0.05) is 11.6 Å². The molecule has 0 heterocycles. The van der Waals surface area contributed by atoms with Crippen molar-refractivity contribution in [2.24, 2.45) is 0 Å². The monoisotopic (exact) mass is 187 g/mol. The molecular formula is C8H7ClFNO. The summed E-state index contributed by atoms with van der Waals surface area (Å²) in [6.07, 6.45) is 0.653. The number of anilines is 1. The number of benzene rings is 1. The van der Waals surface area contributed by atoms with Crippen LogP contribution in [-0.2, 0) is 4.79 Å². The van der Waals surface area contributed by atoms with Gasteiger partial charge in [-0.15, -0.1) is 0 Å². The SMILES string of the molecule is O=CCNc1cc(Cl)ccc1F. The third kappa shape index (κ3) is 2.20. The van der Waals surface area contributed by atoms with E-state index >= 15 is 0 Å². The van der Waals surface area contributed by atoms with E-state index in [9.17, 15) is 9.18 Å². The summed E-state index contributed by atoms with van der Waals surface area (Å²) in [6.45, 7) is 0.0806. The molecule has 0 aromatic heterocycles. The Labute approximate surface area is 74.3 Å². The van der Waals surface area contributed by atoms with Crippen molar-refractivity contribution >= 4 is 23.6 Å². The van der Waals surface area contributed by atoms with Crippen molar-refractivity contribution in [2.75, 3.05) is 11.9 Å². The molecule has 0 atom stereocenters. The topological polar surface area (TPSA) is 29.1 Å². The number of halogens is 2. The van der Waals surface area contributed by atoms with Gasteiger partial charge >= 0.3 is 0 Å². The number of nitrogens with one attached hydrogen (secondary N) is 1. The predicted octanol–water partition coefficient (Wildman–Crippen LogP) is 2.09. The second kappa shape index (κ2) is 4.07. The molecule has 1 aromatic rings. The Balaban J connectivity index is 2.82. The van der Waals surface area contributed by atoms with Gasteiger partial charge in [-0.25, -0.2) is 4.39 Å². The second-order valence-corrected chi connectivity index (χ2v) is 2.61. The van der Waals surface area contributed by atoms with Crippen molar-refractivity contribution in [3.63, 3.8) is 0 Å². The molecule has 0 bridgehead atoms. The molecule has 0 saturated heterocycles. The second-order valence-electron chi connectivity index (χ2n) is 2.17. The lowest BCUT2D eigenvalue weighted by atomic mass is 10.3. The summed E-state index contributed by atoms with van der Waals surface area (Å²) in [5.41, 5.74) is 0.245. The normalized spacial score (nSPS) is 9.50. The van der Waals surface area contributed by atoms with E-state index in [-0.39, 0.29) is 12.2 Å². The van der Waals surface area contributed by atoms with Crippen molar-refractivity contribution in [3.05, 3.63) is 29.0 Å². The third-order valence-corrected chi connectivity index (χ3v) is 1.54. The number of rotatable bonds is 3. The number of aldehydes is 1. The lowest BCUT2D eigenvalue weighted by Gasteiger charge is -2.03. The van der Waals surface area contributed by atoms with Gasteiger partial charge in [-0.05, 0) is 18.2 Å². The van der Waals surface area contributed by atoms with Gasteiger partial charge in [0.05, 0.1) is 12.2 Å². The first-order chi connectivity index (χ1) is 5.74. The van der Waals surface area contributed by atoms with Gasteiger partial charge in [-0.3, -0.25) is 0 Å². The zero-order valence-corrected chi connectivity index (χ0v) is 6.94. The van der Waals surface area contributed by atoms with Gasteiger partial charge in [0.25, 0.3) is 0 Å². The minimum absolute atomic E-state index is 0.0806. The Morgan fingerprint density at radius 2 is 2.33 bits per heavy atom. The number of hydrogen-bond acceptors (Lipinski definition) is 2. The van der Waals surface area contributed by atoms with Crippen LogP contribution in [0.2, 0.25) is 5.02 Å². The summed E-state index contributed by atoms with van der Waals surface area (Å²) in [5.74, 6) is -0.416. The van der Waals surface area contributed by atoms with Crippen LogP contribution in [0, 0.1) is 5.82 Å². The highest BCUT2D eigenvalue weighted by Crippen LogP contribution is 2.18. The Kier molecular flexibility index (Phi) is 3.05. The van der Waals surface area contributed by atoms with Crippen molar-refractivity contribution in [3.8, 4) is 0 Å². The van der Waals surface area contributed by atoms with Crippen molar-refractivity contribution in [2.45, 2.75) is 0 Å². The molecule has 1 N–H and O–H groups in total. The van der Waals surface area contributed by atoms with Gasteiger partial charge in [-0.2, -0.15) is 0 Å². The highest BCUT2D eigenvalue weighted by atomic mass is 35.5. The fourth-order valence-corrected chi connectivity index (χ4v) is 0.957. The molecule has 0 aliphatic heterocycles. The van der Waals surface area contributed by atoms with Crippen molar-refractivity contribution < 1.29 is 9.18 Å². The molecule has 2 nitrogen and oxygen atoms in total. The summed E-state index contributed by atoms with van der Waals surface area (Å²) in [6, 6.07) is 4.12. The lowest BCUT2D eigenvalue weighted by Crippen LogP contribution is -2.03. The predicted molar refractivity (Wildman–Crippen MR) is 46.0 cm³/mol. The average molecular weight is 188 g/mol. The first-order valence-corrected chi connectivity index (χ1v) is 3.74. The molecular weight excluding hydrogens is 181 g/mol. The van der Waals surface area contributed by atoms with Crippen LogP contribution in [0.25, 0.3) is 0 Å². The van der Waals surface area contributed by atoms with Crippen LogP contribution in [0.1, 0.15) is 0 Å². The standard InChI is InChI=1S/C8H7ClFNO/c9-6-1-2-7(10)8(5-6)11-3-4-12/h1-2,4-5,11H,3H2. The van der Waals surface area contributed by atoms with E-state index in [1.165, 1.54) is 18.2 Å². The van der Waals surface area contributed by atoms with Gasteiger partial charge < -0.3 is 10.1 Å². The molecule has 1 aromatic carbocycles. The Morgan fingerprint density at radius 3 is 3.00 bits per heavy atom. The van der Waals surface area contributed by atoms with E-state index in [0.717, 1.165) is 0 Å². The van der Waals surface area contributed by atoms with Crippen molar-refractivity contribution in [1.29, 1.82) is 0 Å². The Morgan fingerprint density at radius 1 is 1.58 bits per heavy atom. The van der Waals surface area contributed by atoms with E-state index in [1.54, 1.807) is 0 Å². The molecule has 1 rings (SSSR count). The number of carbonyl (C=O) groups is 1. The third-order valence-electron chi connectivity index (χ3n) is 1.30. The molecule has 0 amide bonds. The first-order valence-electron chi connectivity index (χ1n) is 3.36. The molecule has 4 heteroatoms. The van der Waals surface area contributed by atoms with E-state index in [0.29, 0.717) is 11.3 Å². The van der Waals surface area contributed by atoms with Crippen LogP contribution in [0.5, 0.6) is 0 Å². The largest absolute Gasteiger partial charge is 0.376 e. The molecule has 0 spiro atoms. The molecule has 0 unspecified atom stereocenters. The van der Waals surface area contributed by atoms with E-state index in [1.807, 2.05) is 0 Å². The van der Waals surface area contributed by atoms with Crippen LogP contribution in [0.15, 0.2) is 18.2 Å². The Hall–Kier alpha value is -1.09. The fourth-order valence-electron chi connectivity index (χ4n) is 0.785. The molecule has 0 fully saturated rings. The first kappa shape index (κ1) is 9.00. The van der Waals surface area contributed by atoms with Crippen LogP contribution >= 0.6 is 11.6 Å². The Bertz CT molecular complexity index is 290. The van der Waals surface area contributed by atoms with E-state index in [2.05, 4.69) is 5.32 Å². The zero-order valence-electron chi connectivity index (χ0n) is 6.18. The van der Waals surface area contributed by atoms with Crippen LogP contribution in [0.4, 0.5) is 10.1 Å². The molecule has 64 valence electrons. The van der Waals surface area contributed by atoms with Crippen LogP contribution in [0.3, 0.4) is 0 Å². The average Bonchev–Trinajstić information content (AvgIpc) is 2.07. The summed E-state index contributed by atoms with van der Waals surface area (Å²) in [4.78, 5) is 9.96. The van der Waals surface area contributed by atoms with Gasteiger partial charge in [0, 0.05) is 5.02 Å². The maximum absolute atomic E-state index is 12.9. The van der Waals surface area contributed by atoms with E-state index < -0.39 is 5.82 Å². The quantitative estimate of drug-likeness (QED) is 0.735. The number of carbonyl (C=O) groups excluding carboxylic acids is 1. The molecule has 0 radical (unpaired) electrons. The summed E-state index contributed by atoms with van der Waals surface area (Å²) < 4.78 is 12.9. The molecule has 0 aliphatic carbocycles. The zero-order chi connectivity index (χ0) is 8.97. The van der Waals surface area contributed by atoms with Crippen molar-refractivity contribution in [1.82, 2.24) is 0 Å². The number of hydrogen-bond donors (Lipinski definition) is 1. The van der Waals surface area contributed by atoms with Gasteiger partial charge in [0.15, 0.2) is 0 Å². The summed E-state index contributed by atoms with van der Waals surface area (Å²) >= 11 is 5.60. The molecule has 0 saturated carbocycles. The minimum Gasteiger partial charge on any atom is -0.376 e. The molecule has 0 aliphatic rings. The molecule has 12 heavy (non-hydrogen) atoms. The highest BCUT2D eigenvalue weighted by molar-refractivity contribution is 6.30. The maximum Gasteiger partial charge on any atom is 0.146 e. The maximum atomic E-state index is 12.9. The smallest absolute Gasteiger partial charge is 0.146 e. The van der Waals surface area contributed by atoms with Crippen LogP contribution < -0.4 is 5.32 Å². The summed E-state index contributed by atoms with van der Waals surface area (Å²) in [7, 11) is 0. The summed E-state index contributed by atoms with van der Waals surface area (Å²) in [5, 5.41) is 3.01. The van der Waals surface area contributed by atoms with Gasteiger partial charge in [0.1, 0.15) is 12.1 Å². The fraction of sp³-hybridized carbons (Fsp3) is 0.125.